The third-order valence-corrected chi connectivity index (χ3v) is 6.29. The van der Waals surface area contributed by atoms with E-state index in [4.69, 9.17) is 11.6 Å². The molecule has 0 saturated heterocycles. The summed E-state index contributed by atoms with van der Waals surface area (Å²) in [5, 5.41) is 3.25. The van der Waals surface area contributed by atoms with Crippen molar-refractivity contribution in [2.75, 3.05) is 5.88 Å². The number of alkyl halides is 1. The molecule has 31 heavy (non-hydrogen) atoms. The summed E-state index contributed by atoms with van der Waals surface area (Å²) in [7, 11) is 0. The summed E-state index contributed by atoms with van der Waals surface area (Å²) in [6.07, 6.45) is 6.69. The number of carbonyl (C=O) groups excluding carboxylic acids is 2. The van der Waals surface area contributed by atoms with Crippen molar-refractivity contribution in [2.45, 2.75) is 71.0 Å². The first-order chi connectivity index (χ1) is 15.0. The molecular weight excluding hydrogens is 408 g/mol. The Balaban J connectivity index is 1.92. The van der Waals surface area contributed by atoms with Gasteiger partial charge in [-0.25, -0.2) is 0 Å². The Kier molecular flexibility index (Phi) is 8.53. The van der Waals surface area contributed by atoms with E-state index in [9.17, 15) is 9.59 Å². The van der Waals surface area contributed by atoms with Crippen molar-refractivity contribution in [1.29, 1.82) is 0 Å². The third kappa shape index (κ3) is 6.57. The fourth-order valence-corrected chi connectivity index (χ4v) is 4.37. The largest absolute Gasteiger partial charge is 0.351 e. The van der Waals surface area contributed by atoms with E-state index < -0.39 is 6.04 Å². The van der Waals surface area contributed by atoms with Gasteiger partial charge in [-0.05, 0) is 37.8 Å². The predicted octanol–water partition coefficient (Wildman–Crippen LogP) is 5.45. The Bertz CT molecular complexity index is 856. The smallest absolute Gasteiger partial charge is 0.247 e. The highest BCUT2D eigenvalue weighted by atomic mass is 35.5. The van der Waals surface area contributed by atoms with Crippen LogP contribution in [0.5, 0.6) is 0 Å². The topological polar surface area (TPSA) is 49.4 Å². The number of benzene rings is 2. The maximum atomic E-state index is 13.6. The molecule has 2 aromatic rings. The van der Waals surface area contributed by atoms with E-state index in [1.54, 1.807) is 4.90 Å². The van der Waals surface area contributed by atoms with Gasteiger partial charge in [-0.3, -0.25) is 9.59 Å². The van der Waals surface area contributed by atoms with Crippen LogP contribution >= 0.6 is 11.6 Å². The van der Waals surface area contributed by atoms with Gasteiger partial charge >= 0.3 is 0 Å². The highest BCUT2D eigenvalue weighted by molar-refractivity contribution is 6.27. The summed E-state index contributed by atoms with van der Waals surface area (Å²) in [6, 6.07) is 15.3. The van der Waals surface area contributed by atoms with E-state index in [1.807, 2.05) is 62.4 Å². The predicted molar refractivity (Wildman–Crippen MR) is 126 cm³/mol. The van der Waals surface area contributed by atoms with Crippen molar-refractivity contribution in [1.82, 2.24) is 10.2 Å². The van der Waals surface area contributed by atoms with Gasteiger partial charge in [0.2, 0.25) is 11.8 Å². The molecule has 1 N–H and O–H groups in total. The number of carbonyl (C=O) groups is 2. The number of hydrogen-bond acceptors (Lipinski definition) is 2. The van der Waals surface area contributed by atoms with Gasteiger partial charge in [0.15, 0.2) is 0 Å². The monoisotopic (exact) mass is 440 g/mol. The number of rotatable bonds is 7. The Morgan fingerprint density at radius 3 is 2.03 bits per heavy atom. The van der Waals surface area contributed by atoms with Gasteiger partial charge in [-0.15, -0.1) is 11.6 Å². The van der Waals surface area contributed by atoms with Crippen LogP contribution in [-0.4, -0.2) is 28.6 Å². The standard InChI is InChI=1S/C26H33ClN2O2/c1-19-9-13-21(14-10-19)18-29(24(30)17-27)25(22-15-11-20(2)12-16-22)26(31)28-23-7-5-3-4-6-8-23/h9-16,23,25H,3-8,17-18H2,1-2H3,(H,28,31)/t25-/m0/s1. The van der Waals surface area contributed by atoms with E-state index in [-0.39, 0.29) is 23.7 Å². The van der Waals surface area contributed by atoms with Crippen molar-refractivity contribution in [3.8, 4) is 0 Å². The van der Waals surface area contributed by atoms with Crippen LogP contribution in [-0.2, 0) is 16.1 Å². The Labute approximate surface area is 191 Å². The van der Waals surface area contributed by atoms with Crippen molar-refractivity contribution >= 4 is 23.4 Å². The van der Waals surface area contributed by atoms with Crippen LogP contribution in [0.4, 0.5) is 0 Å². The zero-order chi connectivity index (χ0) is 22.2. The lowest BCUT2D eigenvalue weighted by molar-refractivity contribution is -0.140. The summed E-state index contributed by atoms with van der Waals surface area (Å²) in [6.45, 7) is 4.38. The van der Waals surface area contributed by atoms with E-state index in [1.165, 1.54) is 12.8 Å². The molecule has 2 aromatic carbocycles. The maximum absolute atomic E-state index is 13.6. The summed E-state index contributed by atoms with van der Waals surface area (Å²) in [5.41, 5.74) is 4.05. The molecule has 4 nitrogen and oxygen atoms in total. The zero-order valence-electron chi connectivity index (χ0n) is 18.6. The molecule has 1 atom stereocenters. The zero-order valence-corrected chi connectivity index (χ0v) is 19.3. The second-order valence-corrected chi connectivity index (χ2v) is 8.92. The maximum Gasteiger partial charge on any atom is 0.247 e. The first-order valence-corrected chi connectivity index (χ1v) is 11.8. The minimum atomic E-state index is -0.712. The van der Waals surface area contributed by atoms with Crippen LogP contribution in [0.3, 0.4) is 0 Å². The number of aryl methyl sites for hydroxylation is 2. The summed E-state index contributed by atoms with van der Waals surface area (Å²) in [4.78, 5) is 28.1. The fraction of sp³-hybridized carbons (Fsp3) is 0.462. The number of amides is 2. The normalized spacial score (nSPS) is 15.7. The van der Waals surface area contributed by atoms with E-state index in [2.05, 4.69) is 5.32 Å². The van der Waals surface area contributed by atoms with E-state index >= 15 is 0 Å². The van der Waals surface area contributed by atoms with Gasteiger partial charge in [0, 0.05) is 12.6 Å². The Morgan fingerprint density at radius 2 is 1.48 bits per heavy atom. The third-order valence-electron chi connectivity index (χ3n) is 6.06. The number of nitrogens with zero attached hydrogens (tertiary/aromatic N) is 1. The molecule has 0 bridgehead atoms. The van der Waals surface area contributed by atoms with Crippen LogP contribution in [0.1, 0.15) is 66.8 Å². The van der Waals surface area contributed by atoms with Crippen molar-refractivity contribution in [3.63, 3.8) is 0 Å². The fourth-order valence-electron chi connectivity index (χ4n) is 4.22. The molecule has 0 heterocycles. The van der Waals surface area contributed by atoms with Gasteiger partial charge in [0.25, 0.3) is 0 Å². The lowest BCUT2D eigenvalue weighted by Gasteiger charge is -2.32. The SMILES string of the molecule is Cc1ccc(CN(C(=O)CCl)[C@H](C(=O)NC2CCCCCC2)c2ccc(C)cc2)cc1. The van der Waals surface area contributed by atoms with Crippen LogP contribution < -0.4 is 5.32 Å². The minimum absolute atomic E-state index is 0.124. The van der Waals surface area contributed by atoms with Crippen LogP contribution in [0.15, 0.2) is 48.5 Å². The molecule has 3 rings (SSSR count). The van der Waals surface area contributed by atoms with Gasteiger partial charge in [-0.1, -0.05) is 85.3 Å². The molecule has 1 saturated carbocycles. The Hall–Kier alpha value is -2.33. The lowest BCUT2D eigenvalue weighted by atomic mass is 10.00. The quantitative estimate of drug-likeness (QED) is 0.459. The first kappa shape index (κ1) is 23.3. The summed E-state index contributed by atoms with van der Waals surface area (Å²) >= 11 is 5.99. The highest BCUT2D eigenvalue weighted by Gasteiger charge is 2.32. The van der Waals surface area contributed by atoms with Crippen LogP contribution in [0.2, 0.25) is 0 Å². The van der Waals surface area contributed by atoms with Crippen molar-refractivity contribution in [2.24, 2.45) is 0 Å². The summed E-state index contributed by atoms with van der Waals surface area (Å²) < 4.78 is 0. The van der Waals surface area contributed by atoms with Crippen LogP contribution in [0, 0.1) is 13.8 Å². The van der Waals surface area contributed by atoms with E-state index in [0.717, 1.165) is 47.9 Å². The van der Waals surface area contributed by atoms with Crippen LogP contribution in [0.25, 0.3) is 0 Å². The van der Waals surface area contributed by atoms with Crippen molar-refractivity contribution < 1.29 is 9.59 Å². The average Bonchev–Trinajstić information content (AvgIpc) is 3.04. The molecule has 0 unspecified atom stereocenters. The molecule has 1 aliphatic carbocycles. The average molecular weight is 441 g/mol. The highest BCUT2D eigenvalue weighted by Crippen LogP contribution is 2.26. The number of halogens is 1. The van der Waals surface area contributed by atoms with Crippen molar-refractivity contribution in [3.05, 3.63) is 70.8 Å². The molecule has 166 valence electrons. The Morgan fingerprint density at radius 1 is 0.935 bits per heavy atom. The van der Waals surface area contributed by atoms with Gasteiger partial charge in [0.05, 0.1) is 0 Å². The number of hydrogen-bond donors (Lipinski definition) is 1. The number of nitrogens with one attached hydrogen (secondary N) is 1. The lowest BCUT2D eigenvalue weighted by Crippen LogP contribution is -2.46. The van der Waals surface area contributed by atoms with Gasteiger partial charge in [-0.2, -0.15) is 0 Å². The first-order valence-electron chi connectivity index (χ1n) is 11.3. The molecule has 1 fully saturated rings. The molecule has 1 aliphatic rings. The second kappa shape index (κ2) is 11.3. The molecule has 0 aliphatic heterocycles. The molecule has 0 spiro atoms. The molecule has 0 aromatic heterocycles. The van der Waals surface area contributed by atoms with Gasteiger partial charge in [0.1, 0.15) is 11.9 Å². The summed E-state index contributed by atoms with van der Waals surface area (Å²) in [5.74, 6) is -0.532. The van der Waals surface area contributed by atoms with E-state index in [0.29, 0.717) is 6.54 Å². The minimum Gasteiger partial charge on any atom is -0.351 e. The molecule has 0 radical (unpaired) electrons. The molecule has 5 heteroatoms. The molecule has 2 amide bonds. The molecular formula is C26H33ClN2O2. The second-order valence-electron chi connectivity index (χ2n) is 8.65. The van der Waals surface area contributed by atoms with Gasteiger partial charge < -0.3 is 10.2 Å².